The van der Waals surface area contributed by atoms with Crippen LogP contribution >= 0.6 is 22.7 Å². The van der Waals surface area contributed by atoms with E-state index < -0.39 is 0 Å². The number of para-hydroxylation sites is 1. The predicted molar refractivity (Wildman–Crippen MR) is 98.9 cm³/mol. The molecule has 0 N–H and O–H groups in total. The Morgan fingerprint density at radius 3 is 2.83 bits per heavy atom. The van der Waals surface area contributed by atoms with E-state index in [2.05, 4.69) is 20.9 Å². The van der Waals surface area contributed by atoms with Crippen molar-refractivity contribution in [3.8, 4) is 0 Å². The summed E-state index contributed by atoms with van der Waals surface area (Å²) in [4.78, 5) is 25.4. The van der Waals surface area contributed by atoms with E-state index in [4.69, 9.17) is 0 Å². The number of nitrogens with zero attached hydrogens (tertiary/aromatic N) is 4. The van der Waals surface area contributed by atoms with Gasteiger partial charge >= 0.3 is 0 Å². The van der Waals surface area contributed by atoms with Crippen LogP contribution in [0.2, 0.25) is 0 Å². The average Bonchev–Trinajstić information content (AvgIpc) is 3.09. The Hall–Kier alpha value is -2.09. The summed E-state index contributed by atoms with van der Waals surface area (Å²) in [5.41, 5.74) is 1.82. The van der Waals surface area contributed by atoms with Crippen molar-refractivity contribution in [2.24, 2.45) is 0 Å². The second kappa shape index (κ2) is 6.08. The summed E-state index contributed by atoms with van der Waals surface area (Å²) < 4.78 is 2.81. The highest BCUT2D eigenvalue weighted by Crippen LogP contribution is 2.22. The first-order chi connectivity index (χ1) is 11.6. The van der Waals surface area contributed by atoms with Crippen LogP contribution in [0.1, 0.15) is 15.6 Å². The summed E-state index contributed by atoms with van der Waals surface area (Å²) in [5.74, 6) is 0. The maximum Gasteiger partial charge on any atom is 0.258 e. The Labute approximate surface area is 146 Å². The summed E-state index contributed by atoms with van der Waals surface area (Å²) in [5, 5.41) is 1.07. The lowest BCUT2D eigenvalue weighted by atomic mass is 10.3. The van der Waals surface area contributed by atoms with Crippen LogP contribution in [-0.4, -0.2) is 26.3 Å². The number of thiazole rings is 2. The van der Waals surface area contributed by atoms with E-state index in [1.54, 1.807) is 21.8 Å². The molecule has 0 aliphatic carbocycles. The molecule has 0 saturated heterocycles. The van der Waals surface area contributed by atoms with Crippen LogP contribution in [0, 0.1) is 6.92 Å². The molecule has 0 radical (unpaired) electrons. The van der Waals surface area contributed by atoms with Crippen LogP contribution < -0.4 is 5.56 Å². The molecular formula is C17H16N4OS2. The molecule has 4 aromatic rings. The number of hydrogen-bond acceptors (Lipinski definition) is 6. The molecular weight excluding hydrogens is 340 g/mol. The van der Waals surface area contributed by atoms with Crippen LogP contribution in [0.5, 0.6) is 0 Å². The zero-order valence-electron chi connectivity index (χ0n) is 13.4. The normalized spacial score (nSPS) is 11.8. The highest BCUT2D eigenvalue weighted by molar-refractivity contribution is 7.18. The van der Waals surface area contributed by atoms with Crippen LogP contribution in [0.3, 0.4) is 0 Å². The molecule has 4 rings (SSSR count). The van der Waals surface area contributed by atoms with Gasteiger partial charge in [0.2, 0.25) is 0 Å². The molecule has 0 atom stereocenters. The van der Waals surface area contributed by atoms with Gasteiger partial charge < -0.3 is 0 Å². The van der Waals surface area contributed by atoms with Crippen molar-refractivity contribution in [2.45, 2.75) is 20.0 Å². The number of rotatable bonds is 4. The van der Waals surface area contributed by atoms with Crippen molar-refractivity contribution < 1.29 is 0 Å². The minimum Gasteiger partial charge on any atom is -0.294 e. The third kappa shape index (κ3) is 2.98. The quantitative estimate of drug-likeness (QED) is 0.563. The van der Waals surface area contributed by atoms with E-state index in [1.165, 1.54) is 16.0 Å². The van der Waals surface area contributed by atoms with Crippen molar-refractivity contribution in [2.75, 3.05) is 7.05 Å². The molecule has 0 spiro atoms. The fourth-order valence-corrected chi connectivity index (χ4v) is 4.59. The van der Waals surface area contributed by atoms with Gasteiger partial charge in [-0.25, -0.2) is 9.97 Å². The maximum absolute atomic E-state index is 12.2. The standard InChI is InChI=1S/C17H16N4OS2/c1-11-8-21-16(22)7-12(18-17(21)23-11)9-20(2)10-15-19-13-5-3-4-6-14(13)24-15/h3-8H,9-10H2,1-2H3. The van der Waals surface area contributed by atoms with E-state index >= 15 is 0 Å². The zero-order valence-corrected chi connectivity index (χ0v) is 15.0. The third-order valence-electron chi connectivity index (χ3n) is 3.71. The summed E-state index contributed by atoms with van der Waals surface area (Å²) in [7, 11) is 2.02. The van der Waals surface area contributed by atoms with Crippen LogP contribution in [0.4, 0.5) is 0 Å². The van der Waals surface area contributed by atoms with Gasteiger partial charge in [0.15, 0.2) is 4.96 Å². The fourth-order valence-electron chi connectivity index (χ4n) is 2.69. The maximum atomic E-state index is 12.2. The fraction of sp³-hybridized carbons (Fsp3) is 0.235. The monoisotopic (exact) mass is 356 g/mol. The minimum absolute atomic E-state index is 0.0206. The summed E-state index contributed by atoms with van der Waals surface area (Å²) in [6.45, 7) is 3.35. The lowest BCUT2D eigenvalue weighted by Crippen LogP contribution is -2.21. The van der Waals surface area contributed by atoms with Crippen LogP contribution in [0.15, 0.2) is 41.3 Å². The van der Waals surface area contributed by atoms with Gasteiger partial charge in [-0.3, -0.25) is 14.1 Å². The van der Waals surface area contributed by atoms with Gasteiger partial charge in [0.1, 0.15) is 5.01 Å². The lowest BCUT2D eigenvalue weighted by Gasteiger charge is -2.14. The first kappa shape index (κ1) is 15.4. The first-order valence-corrected chi connectivity index (χ1v) is 9.23. The van der Waals surface area contributed by atoms with Crippen molar-refractivity contribution in [3.63, 3.8) is 0 Å². The third-order valence-corrected chi connectivity index (χ3v) is 5.63. The highest BCUT2D eigenvalue weighted by atomic mass is 32.1. The molecule has 0 amide bonds. The molecule has 1 aromatic carbocycles. The highest BCUT2D eigenvalue weighted by Gasteiger charge is 2.10. The number of aryl methyl sites for hydroxylation is 1. The van der Waals surface area contributed by atoms with E-state index in [1.807, 2.05) is 38.4 Å². The molecule has 3 heterocycles. The molecule has 0 fully saturated rings. The van der Waals surface area contributed by atoms with E-state index in [-0.39, 0.29) is 5.56 Å². The SMILES string of the molecule is Cc1cn2c(=O)cc(CN(C)Cc3nc4ccccc4s3)nc2s1. The predicted octanol–water partition coefficient (Wildman–Crippen LogP) is 3.31. The Morgan fingerprint density at radius 2 is 2.00 bits per heavy atom. The Morgan fingerprint density at radius 1 is 1.17 bits per heavy atom. The molecule has 0 bridgehead atoms. The van der Waals surface area contributed by atoms with Crippen molar-refractivity contribution >= 4 is 37.9 Å². The molecule has 0 unspecified atom stereocenters. The molecule has 24 heavy (non-hydrogen) atoms. The largest absolute Gasteiger partial charge is 0.294 e. The van der Waals surface area contributed by atoms with E-state index in [0.29, 0.717) is 6.54 Å². The Kier molecular flexibility index (Phi) is 3.91. The molecule has 122 valence electrons. The topological polar surface area (TPSA) is 50.5 Å². The van der Waals surface area contributed by atoms with Gasteiger partial charge in [-0.05, 0) is 26.1 Å². The summed E-state index contributed by atoms with van der Waals surface area (Å²) in [6, 6.07) is 9.78. The van der Waals surface area contributed by atoms with Crippen molar-refractivity contribution in [1.82, 2.24) is 19.3 Å². The van der Waals surface area contributed by atoms with Crippen molar-refractivity contribution in [3.05, 3.63) is 62.5 Å². The zero-order chi connectivity index (χ0) is 16.7. The van der Waals surface area contributed by atoms with Gasteiger partial charge in [-0.15, -0.1) is 22.7 Å². The Bertz CT molecular complexity index is 1050. The van der Waals surface area contributed by atoms with Crippen molar-refractivity contribution in [1.29, 1.82) is 0 Å². The lowest BCUT2D eigenvalue weighted by molar-refractivity contribution is 0.315. The summed E-state index contributed by atoms with van der Waals surface area (Å²) >= 11 is 3.25. The number of fused-ring (bicyclic) bond motifs is 2. The number of hydrogen-bond donors (Lipinski definition) is 0. The molecule has 7 heteroatoms. The first-order valence-electron chi connectivity index (χ1n) is 7.60. The van der Waals surface area contributed by atoms with Crippen LogP contribution in [-0.2, 0) is 13.1 Å². The van der Waals surface area contributed by atoms with Gasteiger partial charge in [0, 0.05) is 23.7 Å². The van der Waals surface area contributed by atoms with Crippen LogP contribution in [0.25, 0.3) is 15.2 Å². The Balaban J connectivity index is 1.55. The second-order valence-electron chi connectivity index (χ2n) is 5.83. The minimum atomic E-state index is -0.0206. The molecule has 3 aromatic heterocycles. The molecule has 0 saturated carbocycles. The van der Waals surface area contributed by atoms with Gasteiger partial charge in [0.25, 0.3) is 5.56 Å². The van der Waals surface area contributed by atoms with Gasteiger partial charge in [-0.2, -0.15) is 0 Å². The average molecular weight is 356 g/mol. The molecule has 0 aliphatic heterocycles. The summed E-state index contributed by atoms with van der Waals surface area (Å²) in [6.07, 6.45) is 1.84. The molecule has 0 aliphatic rings. The van der Waals surface area contributed by atoms with E-state index in [9.17, 15) is 4.79 Å². The molecule has 5 nitrogen and oxygen atoms in total. The van der Waals surface area contributed by atoms with Gasteiger partial charge in [-0.1, -0.05) is 12.1 Å². The second-order valence-corrected chi connectivity index (χ2v) is 8.16. The number of aromatic nitrogens is 3. The van der Waals surface area contributed by atoms with Gasteiger partial charge in [0.05, 0.1) is 22.5 Å². The smallest absolute Gasteiger partial charge is 0.258 e. The number of benzene rings is 1. The van der Waals surface area contributed by atoms with E-state index in [0.717, 1.165) is 32.6 Å².